The van der Waals surface area contributed by atoms with Crippen LogP contribution in [0.5, 0.6) is 0 Å². The molecular formula is C64H69N7O3. The van der Waals surface area contributed by atoms with Crippen LogP contribution < -0.4 is 10.6 Å². The van der Waals surface area contributed by atoms with Crippen molar-refractivity contribution in [1.82, 2.24) is 24.5 Å². The molecule has 0 bridgehead atoms. The van der Waals surface area contributed by atoms with Crippen LogP contribution in [0, 0.1) is 37.5 Å². The summed E-state index contributed by atoms with van der Waals surface area (Å²) >= 11 is 0. The molecule has 0 saturated carbocycles. The van der Waals surface area contributed by atoms with E-state index >= 15 is 0 Å². The molecule has 74 heavy (non-hydrogen) atoms. The van der Waals surface area contributed by atoms with Crippen LogP contribution in [0.25, 0.3) is 0 Å². The fourth-order valence-corrected chi connectivity index (χ4v) is 10.7. The van der Waals surface area contributed by atoms with Gasteiger partial charge in [0.1, 0.15) is 0 Å². The second kappa shape index (κ2) is 24.4. The van der Waals surface area contributed by atoms with E-state index in [2.05, 4.69) is 99.6 Å². The summed E-state index contributed by atoms with van der Waals surface area (Å²) < 4.78 is 0. The van der Waals surface area contributed by atoms with Gasteiger partial charge in [-0.15, -0.1) is 0 Å². The summed E-state index contributed by atoms with van der Waals surface area (Å²) in [7, 11) is 1.88. The van der Waals surface area contributed by atoms with Crippen molar-refractivity contribution in [2.75, 3.05) is 70.0 Å². The molecule has 6 aromatic carbocycles. The van der Waals surface area contributed by atoms with E-state index in [1.807, 2.05) is 138 Å². The van der Waals surface area contributed by atoms with Crippen LogP contribution in [0.4, 0.5) is 21.0 Å². The fraction of sp³-hybridized carbons (Fsp3) is 0.328. The van der Waals surface area contributed by atoms with Gasteiger partial charge in [0.2, 0.25) is 5.91 Å². The van der Waals surface area contributed by atoms with Gasteiger partial charge < -0.3 is 25.3 Å². The lowest BCUT2D eigenvalue weighted by Gasteiger charge is -2.58. The molecular weight excluding hydrogens is 915 g/mol. The first-order chi connectivity index (χ1) is 36.0. The average molecular weight is 984 g/mol. The normalized spacial score (nSPS) is 20.4. The molecule has 6 aromatic rings. The predicted octanol–water partition coefficient (Wildman–Crippen LogP) is 10.8. The minimum Gasteiger partial charge on any atom is -0.344 e. The van der Waals surface area contributed by atoms with Gasteiger partial charge in [-0.1, -0.05) is 120 Å². The van der Waals surface area contributed by atoms with E-state index in [0.717, 1.165) is 104 Å². The minimum atomic E-state index is -0.0553. The van der Waals surface area contributed by atoms with Gasteiger partial charge in [0.05, 0.1) is 0 Å². The first-order valence-corrected chi connectivity index (χ1v) is 26.4. The highest BCUT2D eigenvalue weighted by molar-refractivity contribution is 5.90. The molecule has 4 heterocycles. The third-order valence-corrected chi connectivity index (χ3v) is 15.1. The van der Waals surface area contributed by atoms with Gasteiger partial charge in [-0.25, -0.2) is 9.59 Å². The maximum absolute atomic E-state index is 13.3. The number of likely N-dealkylation sites (N-methyl/N-ethyl adjacent to an activating group) is 1. The third-order valence-electron chi connectivity index (χ3n) is 15.1. The van der Waals surface area contributed by atoms with Crippen LogP contribution in [0.2, 0.25) is 0 Å². The number of carbonyl (C=O) groups is 3. The second-order valence-electron chi connectivity index (χ2n) is 20.3. The van der Waals surface area contributed by atoms with E-state index in [9.17, 15) is 14.4 Å². The molecule has 4 aliphatic rings. The van der Waals surface area contributed by atoms with Gasteiger partial charge in [-0.2, -0.15) is 0 Å². The number of rotatable bonds is 6. The molecule has 4 fully saturated rings. The van der Waals surface area contributed by atoms with Gasteiger partial charge in [0.15, 0.2) is 0 Å². The first kappa shape index (κ1) is 51.3. The molecule has 0 unspecified atom stereocenters. The number of hydrogen-bond acceptors (Lipinski definition) is 5. The summed E-state index contributed by atoms with van der Waals surface area (Å²) in [4.78, 5) is 49.4. The zero-order valence-electron chi connectivity index (χ0n) is 43.3. The van der Waals surface area contributed by atoms with Gasteiger partial charge in [-0.05, 0) is 137 Å². The van der Waals surface area contributed by atoms with Crippen LogP contribution in [0.3, 0.4) is 0 Å². The summed E-state index contributed by atoms with van der Waals surface area (Å²) in [5, 5.41) is 6.18. The summed E-state index contributed by atoms with van der Waals surface area (Å²) in [6.07, 6.45) is 4.15. The molecule has 10 nitrogen and oxygen atoms in total. The smallest absolute Gasteiger partial charge is 0.321 e. The van der Waals surface area contributed by atoms with E-state index in [0.29, 0.717) is 25.0 Å². The molecule has 5 amide bonds. The molecule has 0 spiro atoms. The Hall–Kier alpha value is -7.63. The number of fused-ring (bicyclic) bond motifs is 2. The molecule has 378 valence electrons. The highest BCUT2D eigenvalue weighted by Crippen LogP contribution is 2.43. The monoisotopic (exact) mass is 984 g/mol. The number of carbonyl (C=O) groups excluding carboxylic acids is 3. The second-order valence-corrected chi connectivity index (χ2v) is 20.3. The van der Waals surface area contributed by atoms with Crippen LogP contribution in [0.1, 0.15) is 89.0 Å². The number of hydrogen-bond donors (Lipinski definition) is 2. The zero-order valence-corrected chi connectivity index (χ0v) is 43.3. The van der Waals surface area contributed by atoms with Crippen molar-refractivity contribution in [2.24, 2.45) is 0 Å². The molecule has 10 heteroatoms. The van der Waals surface area contributed by atoms with Gasteiger partial charge in [0.25, 0.3) is 0 Å². The lowest BCUT2D eigenvalue weighted by atomic mass is 9.73. The maximum Gasteiger partial charge on any atom is 0.321 e. The molecule has 0 aromatic heterocycles. The van der Waals surface area contributed by atoms with Crippen molar-refractivity contribution in [2.45, 2.75) is 76.4 Å². The van der Waals surface area contributed by atoms with E-state index in [4.69, 9.17) is 0 Å². The van der Waals surface area contributed by atoms with Crippen LogP contribution >= 0.6 is 0 Å². The lowest BCUT2D eigenvalue weighted by Crippen LogP contribution is -2.69. The standard InChI is InChI=1S/C34H38N4O2.C30H31N3O/c1-25-11-19-30(20-12-25)35-34(40)37-21-7-8-22-38-31(23-36(3)26(2)39)33(32(38)24-37)29-17-15-28(16-18-29)14-13-27-9-5-4-6-10-27;1-23-9-17-27(18-10-23)31-30(34)33-20-6-5-19-32-21-28(29(32)22-33)26-15-13-25(14-16-26)12-11-24-7-3-2-4-8-24/h4-6,9-12,15-20,31-33H,7-8,21-24H2,1-3H3,(H,35,40);2-4,7-10,13-18,28-29H,5-6,19-22H2,1H3,(H,31,34)/t31-,32+,33+;28-,29+/m11/s1. The molecule has 4 aliphatic heterocycles. The van der Waals surface area contributed by atoms with Crippen molar-refractivity contribution in [1.29, 1.82) is 0 Å². The molecule has 10 rings (SSSR count). The Balaban J connectivity index is 0.000000184. The van der Waals surface area contributed by atoms with Crippen LogP contribution in [0.15, 0.2) is 158 Å². The number of nitrogens with one attached hydrogen (secondary N) is 2. The summed E-state index contributed by atoms with van der Waals surface area (Å²) in [6, 6.07) is 53.9. The summed E-state index contributed by atoms with van der Waals surface area (Å²) in [5.74, 6) is 13.7. The van der Waals surface area contributed by atoms with Crippen molar-refractivity contribution >= 4 is 29.3 Å². The van der Waals surface area contributed by atoms with E-state index < -0.39 is 0 Å². The highest BCUT2D eigenvalue weighted by Gasteiger charge is 2.50. The maximum atomic E-state index is 13.3. The lowest BCUT2D eigenvalue weighted by molar-refractivity contribution is -0.130. The topological polar surface area (TPSA) is 91.5 Å². The fourth-order valence-electron chi connectivity index (χ4n) is 10.7. The first-order valence-electron chi connectivity index (χ1n) is 26.4. The Morgan fingerprint density at radius 1 is 0.514 bits per heavy atom. The molecule has 4 saturated heterocycles. The Bertz CT molecular complexity index is 2960. The number of anilines is 2. The van der Waals surface area contributed by atoms with Gasteiger partial charge in [0, 0.05) is 117 Å². The van der Waals surface area contributed by atoms with E-state index in [1.54, 1.807) is 6.92 Å². The quantitative estimate of drug-likeness (QED) is 0.162. The van der Waals surface area contributed by atoms with Gasteiger partial charge in [-0.3, -0.25) is 14.6 Å². The Morgan fingerprint density at radius 3 is 1.43 bits per heavy atom. The van der Waals surface area contributed by atoms with Crippen molar-refractivity contribution in [3.8, 4) is 23.7 Å². The SMILES string of the molecule is CC(=O)N(C)C[C@@H]1[C@H](c2ccc(C#Cc3ccccc3)cc2)[C@@H]2CN(C(=O)Nc3ccc(C)cc3)CCCCN12.Cc1ccc(NC(=O)N2CCCCN3C[C@H](c4ccc(C#Cc5ccccc5)cc4)[C@@H]3C2)cc1. The summed E-state index contributed by atoms with van der Waals surface area (Å²) in [5.41, 5.74) is 10.6. The molecule has 0 radical (unpaired) electrons. The number of aryl methyl sites for hydroxylation is 2. The molecule has 0 aliphatic carbocycles. The van der Waals surface area contributed by atoms with E-state index in [1.165, 1.54) is 16.7 Å². The Labute approximate surface area is 438 Å². The predicted molar refractivity (Wildman–Crippen MR) is 298 cm³/mol. The number of nitrogens with zero attached hydrogens (tertiary/aromatic N) is 5. The molecule has 5 atom stereocenters. The average Bonchev–Trinajstić information content (AvgIpc) is 3.40. The van der Waals surface area contributed by atoms with Gasteiger partial charge >= 0.3 is 12.1 Å². The van der Waals surface area contributed by atoms with Crippen LogP contribution in [-0.4, -0.2) is 120 Å². The largest absolute Gasteiger partial charge is 0.344 e. The third kappa shape index (κ3) is 13.1. The Morgan fingerprint density at radius 2 is 0.946 bits per heavy atom. The minimum absolute atomic E-state index is 0.00267. The zero-order chi connectivity index (χ0) is 51.4. The number of amides is 5. The van der Waals surface area contributed by atoms with Crippen molar-refractivity contribution in [3.05, 3.63) is 202 Å². The van der Waals surface area contributed by atoms with Crippen molar-refractivity contribution in [3.63, 3.8) is 0 Å². The highest BCUT2D eigenvalue weighted by atomic mass is 16.2. The number of benzene rings is 6. The Kier molecular flexibility index (Phi) is 16.9. The van der Waals surface area contributed by atoms with E-state index in [-0.39, 0.29) is 36.0 Å². The number of urea groups is 2. The van der Waals surface area contributed by atoms with Crippen LogP contribution in [-0.2, 0) is 4.79 Å². The summed E-state index contributed by atoms with van der Waals surface area (Å²) in [6.45, 7) is 12.5. The molecule has 2 N–H and O–H groups in total. The van der Waals surface area contributed by atoms with Crippen molar-refractivity contribution < 1.29 is 14.4 Å².